The SMILES string of the molecule is CC(C)(C)c1ccc2c(c1)c1ccc(Oc3cccc(-n4[c-][n+](-c5cc(C(C)(C)c6ccccc6)cc(C(C)(C)c6ccccc6)c5)c(-c5ccccc5)c4)c3)cc1n2-c1cc(C(C)(C)c2ccccc2)ccn1. The zero-order valence-corrected chi connectivity index (χ0v) is 44.1. The fourth-order valence-corrected chi connectivity index (χ4v) is 10.6. The molecule has 0 aliphatic heterocycles. The highest BCUT2D eigenvalue weighted by Crippen LogP contribution is 2.41. The van der Waals surface area contributed by atoms with Gasteiger partial charge in [0.15, 0.2) is 0 Å². The molecule has 0 aliphatic rings. The first kappa shape index (κ1) is 48.0. The van der Waals surface area contributed by atoms with Gasteiger partial charge >= 0.3 is 0 Å². The Morgan fingerprint density at radius 1 is 0.432 bits per heavy atom. The Labute approximate surface area is 437 Å². The van der Waals surface area contributed by atoms with Crippen LogP contribution in [0.3, 0.4) is 0 Å². The molecule has 0 saturated carbocycles. The monoisotopic (exact) mass is 965 g/mol. The number of benzene rings is 8. The topological polar surface area (TPSA) is 35.9 Å². The molecule has 0 saturated heterocycles. The van der Waals surface area contributed by atoms with Crippen LogP contribution in [-0.2, 0) is 21.7 Å². The summed E-state index contributed by atoms with van der Waals surface area (Å²) in [6.07, 6.45) is 7.94. The fourth-order valence-electron chi connectivity index (χ4n) is 10.6. The summed E-state index contributed by atoms with van der Waals surface area (Å²) >= 11 is 0. The standard InChI is InChI=1S/C69H64N4O/c1-66(2,3)52-33-36-62-61(42-52)60-35-34-59(45-63(60)73(62)65-43-53(37-38-70-65)67(4,5)49-25-16-11-17-26-49)74-58-32-22-31-56(44-58)71-46-64(48-23-14-10-15-24-48)72(47-71)57-40-54(68(6,7)50-27-18-12-19-28-50)39-55(41-57)69(8,9)51-29-20-13-21-30-51/h10-46H,1-9H3. The molecular formula is C69H64N4O. The van der Waals surface area contributed by atoms with Crippen molar-refractivity contribution in [3.05, 3.63) is 270 Å². The van der Waals surface area contributed by atoms with Crippen molar-refractivity contribution < 1.29 is 9.30 Å². The van der Waals surface area contributed by atoms with Gasteiger partial charge in [0.2, 0.25) is 0 Å². The fraction of sp³-hybridized carbons (Fsp3) is 0.188. The number of nitrogens with zero attached hydrogens (tertiary/aromatic N) is 4. The van der Waals surface area contributed by atoms with Crippen LogP contribution < -0.4 is 9.30 Å². The van der Waals surface area contributed by atoms with Crippen LogP contribution >= 0.6 is 0 Å². The average Bonchev–Trinajstić information content (AvgIpc) is 4.02. The van der Waals surface area contributed by atoms with Crippen molar-refractivity contribution in [1.82, 2.24) is 14.1 Å². The maximum atomic E-state index is 6.88. The lowest BCUT2D eigenvalue weighted by atomic mass is 9.73. The quantitative estimate of drug-likeness (QED) is 0.0903. The Morgan fingerprint density at radius 3 is 1.59 bits per heavy atom. The van der Waals surface area contributed by atoms with E-state index in [-0.39, 0.29) is 21.7 Å². The summed E-state index contributed by atoms with van der Waals surface area (Å²) in [5.41, 5.74) is 14.1. The second-order valence-corrected chi connectivity index (χ2v) is 22.4. The number of hydrogen-bond donors (Lipinski definition) is 0. The number of fused-ring (bicyclic) bond motifs is 3. The van der Waals surface area contributed by atoms with Gasteiger partial charge in [0.1, 0.15) is 17.3 Å². The molecule has 0 unspecified atom stereocenters. The van der Waals surface area contributed by atoms with E-state index in [0.717, 1.165) is 56.4 Å². The second-order valence-electron chi connectivity index (χ2n) is 22.4. The molecule has 0 amide bonds. The van der Waals surface area contributed by atoms with E-state index in [4.69, 9.17) is 9.72 Å². The summed E-state index contributed by atoms with van der Waals surface area (Å²) < 4.78 is 13.5. The summed E-state index contributed by atoms with van der Waals surface area (Å²) in [6, 6.07) is 76.1. The molecule has 3 aromatic heterocycles. The molecule has 11 aromatic rings. The molecule has 0 fully saturated rings. The minimum atomic E-state index is -0.285. The van der Waals surface area contributed by atoms with Crippen molar-refractivity contribution in [3.63, 3.8) is 0 Å². The van der Waals surface area contributed by atoms with E-state index in [0.29, 0.717) is 0 Å². The molecule has 0 bridgehead atoms. The van der Waals surface area contributed by atoms with Crippen LogP contribution in [0.5, 0.6) is 11.5 Å². The molecule has 366 valence electrons. The van der Waals surface area contributed by atoms with Gasteiger partial charge in [-0.25, -0.2) is 4.98 Å². The zero-order valence-electron chi connectivity index (χ0n) is 44.1. The minimum absolute atomic E-state index is 0.0155. The Balaban J connectivity index is 1.01. The highest BCUT2D eigenvalue weighted by Gasteiger charge is 2.30. The van der Waals surface area contributed by atoms with E-state index in [1.54, 1.807) is 0 Å². The van der Waals surface area contributed by atoms with Crippen LogP contribution in [0.2, 0.25) is 0 Å². The third-order valence-corrected chi connectivity index (χ3v) is 15.5. The van der Waals surface area contributed by atoms with E-state index in [2.05, 4.69) is 295 Å². The highest BCUT2D eigenvalue weighted by atomic mass is 16.5. The van der Waals surface area contributed by atoms with Crippen molar-refractivity contribution in [1.29, 1.82) is 0 Å². The average molecular weight is 965 g/mol. The lowest BCUT2D eigenvalue weighted by Gasteiger charge is -2.32. The number of pyridine rings is 1. The Hall–Kier alpha value is -8.28. The van der Waals surface area contributed by atoms with Gasteiger partial charge in [-0.05, 0) is 117 Å². The highest BCUT2D eigenvalue weighted by molar-refractivity contribution is 6.09. The van der Waals surface area contributed by atoms with Crippen molar-refractivity contribution >= 4 is 21.8 Å². The molecular weight excluding hydrogens is 901 g/mol. The second kappa shape index (κ2) is 18.6. The van der Waals surface area contributed by atoms with Gasteiger partial charge in [-0.15, -0.1) is 0 Å². The molecule has 11 rings (SSSR count). The summed E-state index contributed by atoms with van der Waals surface area (Å²) in [6.45, 7) is 20.7. The van der Waals surface area contributed by atoms with Gasteiger partial charge in [0, 0.05) is 45.5 Å². The van der Waals surface area contributed by atoms with E-state index >= 15 is 0 Å². The summed E-state index contributed by atoms with van der Waals surface area (Å²) in [5.74, 6) is 2.32. The number of hydrogen-bond acceptors (Lipinski definition) is 2. The van der Waals surface area contributed by atoms with Crippen LogP contribution in [0.4, 0.5) is 0 Å². The maximum absolute atomic E-state index is 6.88. The van der Waals surface area contributed by atoms with E-state index in [1.165, 1.54) is 44.3 Å². The number of rotatable bonds is 12. The molecule has 5 heteroatoms. The number of aromatic nitrogens is 4. The normalized spacial score (nSPS) is 12.4. The molecule has 0 aliphatic carbocycles. The molecule has 0 spiro atoms. The van der Waals surface area contributed by atoms with Gasteiger partial charge in [-0.3, -0.25) is 13.7 Å². The summed E-state index contributed by atoms with van der Waals surface area (Å²) in [5, 5.41) is 2.33. The van der Waals surface area contributed by atoms with E-state index in [1.807, 2.05) is 12.3 Å². The molecule has 0 atom stereocenters. The van der Waals surface area contributed by atoms with Crippen molar-refractivity contribution in [3.8, 4) is 39.9 Å². The third kappa shape index (κ3) is 8.91. The van der Waals surface area contributed by atoms with Crippen LogP contribution in [-0.4, -0.2) is 14.1 Å². The zero-order chi connectivity index (χ0) is 51.4. The van der Waals surface area contributed by atoms with Gasteiger partial charge in [0.05, 0.1) is 28.1 Å². The minimum Gasteiger partial charge on any atom is -0.458 e. The molecule has 8 aromatic carbocycles. The van der Waals surface area contributed by atoms with Crippen LogP contribution in [0.1, 0.15) is 101 Å². The van der Waals surface area contributed by atoms with Gasteiger partial charge in [0.25, 0.3) is 6.33 Å². The maximum Gasteiger partial charge on any atom is 0.269 e. The van der Waals surface area contributed by atoms with Gasteiger partial charge in [-0.1, -0.05) is 202 Å². The number of imidazole rings is 1. The largest absolute Gasteiger partial charge is 0.458 e. The molecule has 3 heterocycles. The molecule has 0 radical (unpaired) electrons. The lowest BCUT2D eigenvalue weighted by Crippen LogP contribution is -2.33. The summed E-state index contributed by atoms with van der Waals surface area (Å²) in [7, 11) is 0. The van der Waals surface area contributed by atoms with Crippen LogP contribution in [0.15, 0.2) is 225 Å². The van der Waals surface area contributed by atoms with E-state index in [9.17, 15) is 0 Å². The molecule has 0 N–H and O–H groups in total. The Kier molecular flexibility index (Phi) is 12.1. The Bertz CT molecular complexity index is 3730. The van der Waals surface area contributed by atoms with Crippen LogP contribution in [0, 0.1) is 6.33 Å². The first-order valence-corrected chi connectivity index (χ1v) is 25.8. The predicted octanol–water partition coefficient (Wildman–Crippen LogP) is 16.8. The van der Waals surface area contributed by atoms with Crippen molar-refractivity contribution in [2.75, 3.05) is 0 Å². The van der Waals surface area contributed by atoms with Gasteiger partial charge in [-0.2, -0.15) is 0 Å². The lowest BCUT2D eigenvalue weighted by molar-refractivity contribution is -0.588. The smallest absolute Gasteiger partial charge is 0.269 e. The molecule has 5 nitrogen and oxygen atoms in total. The van der Waals surface area contributed by atoms with Crippen LogP contribution in [0.25, 0.3) is 50.3 Å². The summed E-state index contributed by atoms with van der Waals surface area (Å²) in [4.78, 5) is 5.05. The first-order chi connectivity index (χ1) is 35.6. The predicted molar refractivity (Wildman–Crippen MR) is 305 cm³/mol. The van der Waals surface area contributed by atoms with Crippen molar-refractivity contribution in [2.24, 2.45) is 0 Å². The van der Waals surface area contributed by atoms with E-state index < -0.39 is 0 Å². The molecule has 74 heavy (non-hydrogen) atoms. The first-order valence-electron chi connectivity index (χ1n) is 25.8. The van der Waals surface area contributed by atoms with Gasteiger partial charge < -0.3 is 4.74 Å². The number of ether oxygens (including phenoxy) is 1. The third-order valence-electron chi connectivity index (χ3n) is 15.5. The Morgan fingerprint density at radius 2 is 1.00 bits per heavy atom. The van der Waals surface area contributed by atoms with Crippen molar-refractivity contribution in [2.45, 2.75) is 84.0 Å².